The summed E-state index contributed by atoms with van der Waals surface area (Å²) in [7, 11) is 0. The molecule has 2 heterocycles. The Hall–Kier alpha value is -2.67. The topological polar surface area (TPSA) is 44.8 Å². The number of ether oxygens (including phenoxy) is 1. The molecule has 1 N–H and O–H groups in total. The van der Waals surface area contributed by atoms with Gasteiger partial charge in [-0.2, -0.15) is 0 Å². The third-order valence-corrected chi connectivity index (χ3v) is 7.04. The Labute approximate surface area is 201 Å². The monoisotopic (exact) mass is 463 g/mol. The van der Waals surface area contributed by atoms with E-state index in [1.54, 1.807) is 11.3 Å². The molecule has 3 aromatic rings. The predicted molar refractivity (Wildman–Crippen MR) is 135 cm³/mol. The summed E-state index contributed by atoms with van der Waals surface area (Å²) in [6.45, 7) is 6.27. The number of urea groups is 1. The van der Waals surface area contributed by atoms with Gasteiger partial charge in [-0.1, -0.05) is 66.7 Å². The van der Waals surface area contributed by atoms with Crippen molar-refractivity contribution in [2.75, 3.05) is 45.9 Å². The van der Waals surface area contributed by atoms with E-state index in [2.05, 4.69) is 76.9 Å². The van der Waals surface area contributed by atoms with Crippen LogP contribution in [0.1, 0.15) is 28.3 Å². The summed E-state index contributed by atoms with van der Waals surface area (Å²) in [6.07, 6.45) is 0.879. The lowest BCUT2D eigenvalue weighted by molar-refractivity contribution is 0.0348. The number of morpholine rings is 1. The van der Waals surface area contributed by atoms with Gasteiger partial charge in [0.15, 0.2) is 0 Å². The molecular formula is C27H33N3O2S. The second-order valence-corrected chi connectivity index (χ2v) is 9.37. The normalized spacial score (nSPS) is 14.3. The summed E-state index contributed by atoms with van der Waals surface area (Å²) in [5, 5.41) is 5.17. The number of benzene rings is 2. The Morgan fingerprint density at radius 3 is 2.21 bits per heavy atom. The standard InChI is InChI=1S/C27H33N3O2S/c31-27(28-22-25-12-7-21-33-25)30(16-15-29-17-19-32-20-18-29)14-13-26(23-8-3-1-4-9-23)24-10-5-2-6-11-24/h1-12,21,26H,13-20,22H2,(H,28,31). The van der Waals surface area contributed by atoms with Crippen LogP contribution in [0.3, 0.4) is 0 Å². The van der Waals surface area contributed by atoms with E-state index in [4.69, 9.17) is 4.74 Å². The van der Waals surface area contributed by atoms with Crippen LogP contribution in [-0.4, -0.2) is 61.8 Å². The summed E-state index contributed by atoms with van der Waals surface area (Å²) in [5.41, 5.74) is 2.58. The highest BCUT2D eigenvalue weighted by atomic mass is 32.1. The molecule has 0 atom stereocenters. The minimum atomic E-state index is 0.0107. The summed E-state index contributed by atoms with van der Waals surface area (Å²) >= 11 is 1.67. The maximum atomic E-state index is 13.2. The molecular weight excluding hydrogens is 430 g/mol. The van der Waals surface area contributed by atoms with Gasteiger partial charge in [-0.15, -0.1) is 11.3 Å². The van der Waals surface area contributed by atoms with Gasteiger partial charge in [0.1, 0.15) is 0 Å². The van der Waals surface area contributed by atoms with Gasteiger partial charge in [0, 0.05) is 43.5 Å². The fraction of sp³-hybridized carbons (Fsp3) is 0.370. The number of hydrogen-bond acceptors (Lipinski definition) is 4. The van der Waals surface area contributed by atoms with Crippen LogP contribution < -0.4 is 5.32 Å². The lowest BCUT2D eigenvalue weighted by Gasteiger charge is -2.31. The van der Waals surface area contributed by atoms with Crippen LogP contribution in [0.5, 0.6) is 0 Å². The van der Waals surface area contributed by atoms with Crippen molar-refractivity contribution in [3.8, 4) is 0 Å². The predicted octanol–water partition coefficient (Wildman–Crippen LogP) is 4.81. The maximum Gasteiger partial charge on any atom is 0.317 e. The van der Waals surface area contributed by atoms with Crippen LogP contribution in [0.4, 0.5) is 4.79 Å². The zero-order chi connectivity index (χ0) is 22.7. The van der Waals surface area contributed by atoms with E-state index in [0.717, 1.165) is 39.3 Å². The van der Waals surface area contributed by atoms with Crippen molar-refractivity contribution in [2.45, 2.75) is 18.9 Å². The van der Waals surface area contributed by atoms with Gasteiger partial charge in [0.25, 0.3) is 0 Å². The summed E-state index contributed by atoms with van der Waals surface area (Å²) in [5.74, 6) is 0.253. The molecule has 1 saturated heterocycles. The molecule has 5 nitrogen and oxygen atoms in total. The van der Waals surface area contributed by atoms with E-state index < -0.39 is 0 Å². The highest BCUT2D eigenvalue weighted by molar-refractivity contribution is 7.09. The molecule has 1 aliphatic rings. The van der Waals surface area contributed by atoms with Gasteiger partial charge in [0.05, 0.1) is 19.8 Å². The van der Waals surface area contributed by atoms with E-state index in [0.29, 0.717) is 19.6 Å². The van der Waals surface area contributed by atoms with Gasteiger partial charge in [-0.25, -0.2) is 4.79 Å². The molecule has 2 amide bonds. The zero-order valence-corrected chi connectivity index (χ0v) is 19.9. The Balaban J connectivity index is 1.43. The number of hydrogen-bond donors (Lipinski definition) is 1. The lowest BCUT2D eigenvalue weighted by Crippen LogP contribution is -2.46. The number of rotatable bonds is 10. The number of nitrogens with one attached hydrogen (secondary N) is 1. The Morgan fingerprint density at radius 2 is 1.61 bits per heavy atom. The SMILES string of the molecule is O=C(NCc1cccs1)N(CCC(c1ccccc1)c1ccccc1)CCN1CCOCC1. The zero-order valence-electron chi connectivity index (χ0n) is 19.1. The molecule has 1 aliphatic heterocycles. The second-order valence-electron chi connectivity index (χ2n) is 8.34. The molecule has 0 bridgehead atoms. The van der Waals surface area contributed by atoms with E-state index in [9.17, 15) is 4.79 Å². The molecule has 0 spiro atoms. The maximum absolute atomic E-state index is 13.2. The Kier molecular flexibility index (Phi) is 8.92. The fourth-order valence-corrected chi connectivity index (χ4v) is 4.92. The van der Waals surface area contributed by atoms with Crippen molar-refractivity contribution in [2.24, 2.45) is 0 Å². The molecule has 0 unspecified atom stereocenters. The summed E-state index contributed by atoms with van der Waals surface area (Å²) in [6, 6.07) is 25.3. The van der Waals surface area contributed by atoms with E-state index in [1.165, 1.54) is 16.0 Å². The molecule has 0 radical (unpaired) electrons. The first-order valence-corrected chi connectivity index (χ1v) is 12.6. The quantitative estimate of drug-likeness (QED) is 0.469. The first kappa shape index (κ1) is 23.5. The number of carbonyl (C=O) groups is 1. The Morgan fingerprint density at radius 1 is 0.939 bits per heavy atom. The average Bonchev–Trinajstić information content (AvgIpc) is 3.40. The third kappa shape index (κ3) is 7.16. The smallest absolute Gasteiger partial charge is 0.317 e. The van der Waals surface area contributed by atoms with Crippen LogP contribution in [0.25, 0.3) is 0 Å². The van der Waals surface area contributed by atoms with E-state index in [1.807, 2.05) is 16.3 Å². The largest absolute Gasteiger partial charge is 0.379 e. The van der Waals surface area contributed by atoms with Gasteiger partial charge < -0.3 is 15.0 Å². The minimum Gasteiger partial charge on any atom is -0.379 e. The first-order valence-electron chi connectivity index (χ1n) is 11.7. The van der Waals surface area contributed by atoms with E-state index in [-0.39, 0.29) is 11.9 Å². The van der Waals surface area contributed by atoms with Crippen molar-refractivity contribution < 1.29 is 9.53 Å². The number of amides is 2. The molecule has 4 rings (SSSR count). The van der Waals surface area contributed by atoms with Crippen molar-refractivity contribution in [3.05, 3.63) is 94.2 Å². The van der Waals surface area contributed by atoms with Crippen molar-refractivity contribution in [3.63, 3.8) is 0 Å². The van der Waals surface area contributed by atoms with E-state index >= 15 is 0 Å². The molecule has 33 heavy (non-hydrogen) atoms. The molecule has 1 fully saturated rings. The van der Waals surface area contributed by atoms with Gasteiger partial charge in [-0.05, 0) is 29.0 Å². The second kappa shape index (κ2) is 12.5. The van der Waals surface area contributed by atoms with Crippen LogP contribution in [0, 0.1) is 0 Å². The molecule has 1 aromatic heterocycles. The highest BCUT2D eigenvalue weighted by Gasteiger charge is 2.20. The van der Waals surface area contributed by atoms with Gasteiger partial charge in [0.2, 0.25) is 0 Å². The van der Waals surface area contributed by atoms with Crippen LogP contribution >= 0.6 is 11.3 Å². The molecule has 6 heteroatoms. The van der Waals surface area contributed by atoms with Crippen molar-refractivity contribution in [1.82, 2.24) is 15.1 Å². The molecule has 174 valence electrons. The summed E-state index contributed by atoms with van der Waals surface area (Å²) < 4.78 is 5.48. The van der Waals surface area contributed by atoms with Crippen molar-refractivity contribution in [1.29, 1.82) is 0 Å². The number of carbonyl (C=O) groups excluding carboxylic acids is 1. The number of thiophene rings is 1. The molecule has 2 aromatic carbocycles. The Bertz CT molecular complexity index is 905. The molecule has 0 saturated carbocycles. The van der Waals surface area contributed by atoms with Gasteiger partial charge >= 0.3 is 6.03 Å². The number of nitrogens with zero attached hydrogens (tertiary/aromatic N) is 2. The van der Waals surface area contributed by atoms with Gasteiger partial charge in [-0.3, -0.25) is 4.90 Å². The third-order valence-electron chi connectivity index (χ3n) is 6.16. The minimum absolute atomic E-state index is 0.0107. The fourth-order valence-electron chi connectivity index (χ4n) is 4.27. The lowest BCUT2D eigenvalue weighted by atomic mass is 9.88. The summed E-state index contributed by atoms with van der Waals surface area (Å²) in [4.78, 5) is 18.7. The van der Waals surface area contributed by atoms with Crippen LogP contribution in [0.15, 0.2) is 78.2 Å². The molecule has 0 aliphatic carbocycles. The van der Waals surface area contributed by atoms with Crippen LogP contribution in [0.2, 0.25) is 0 Å². The average molecular weight is 464 g/mol. The van der Waals surface area contributed by atoms with Crippen molar-refractivity contribution >= 4 is 17.4 Å². The first-order chi connectivity index (χ1) is 16.3. The highest BCUT2D eigenvalue weighted by Crippen LogP contribution is 2.28. The van der Waals surface area contributed by atoms with Crippen LogP contribution in [-0.2, 0) is 11.3 Å².